The van der Waals surface area contributed by atoms with Crippen LogP contribution in [0.1, 0.15) is 23.7 Å². The van der Waals surface area contributed by atoms with Crippen LogP contribution >= 0.6 is 0 Å². The predicted octanol–water partition coefficient (Wildman–Crippen LogP) is 2.40. The Kier molecular flexibility index (Phi) is 2.34. The monoisotopic (exact) mass is 226 g/mol. The first-order valence-corrected chi connectivity index (χ1v) is 5.79. The van der Waals surface area contributed by atoms with Crippen LogP contribution in [0.3, 0.4) is 0 Å². The normalized spacial score (nSPS) is 18.1. The summed E-state index contributed by atoms with van der Waals surface area (Å²) in [6.07, 6.45) is 1.95. The van der Waals surface area contributed by atoms with E-state index < -0.39 is 0 Å². The molecule has 1 aromatic carbocycles. The molecule has 3 heteroatoms. The minimum absolute atomic E-state index is 0.145. The number of nitrogens with zero attached hydrogens (tertiary/aromatic N) is 1. The lowest BCUT2D eigenvalue weighted by Crippen LogP contribution is -2.05. The minimum atomic E-state index is 0.145. The third kappa shape index (κ3) is 1.78. The maximum absolute atomic E-state index is 9.26. The molecule has 1 heterocycles. The van der Waals surface area contributed by atoms with E-state index in [1.54, 1.807) is 12.1 Å². The Labute approximate surface area is 99.9 Å². The van der Waals surface area contributed by atoms with Gasteiger partial charge in [0.2, 0.25) is 0 Å². The SMILES string of the molecule is NC1CCc2nc(-c3ccc(O)cc3)ccc21. The van der Waals surface area contributed by atoms with E-state index in [-0.39, 0.29) is 11.8 Å². The second kappa shape index (κ2) is 3.86. The van der Waals surface area contributed by atoms with Crippen LogP contribution in [0.4, 0.5) is 0 Å². The van der Waals surface area contributed by atoms with Crippen LogP contribution in [0.15, 0.2) is 36.4 Å². The molecule has 17 heavy (non-hydrogen) atoms. The molecule has 0 fully saturated rings. The molecule has 0 spiro atoms. The van der Waals surface area contributed by atoms with Crippen molar-refractivity contribution in [2.45, 2.75) is 18.9 Å². The molecule has 2 aromatic rings. The van der Waals surface area contributed by atoms with Crippen molar-refractivity contribution in [1.29, 1.82) is 0 Å². The summed E-state index contributed by atoms with van der Waals surface area (Å²) >= 11 is 0. The van der Waals surface area contributed by atoms with Crippen LogP contribution in [0.2, 0.25) is 0 Å². The average Bonchev–Trinajstić information content (AvgIpc) is 2.72. The van der Waals surface area contributed by atoms with Crippen molar-refractivity contribution in [3.8, 4) is 17.0 Å². The molecule has 0 bridgehead atoms. The summed E-state index contributed by atoms with van der Waals surface area (Å²) in [5, 5.41) is 9.26. The van der Waals surface area contributed by atoms with Crippen LogP contribution < -0.4 is 5.73 Å². The molecule has 3 nitrogen and oxygen atoms in total. The summed E-state index contributed by atoms with van der Waals surface area (Å²) in [7, 11) is 0. The number of fused-ring (bicyclic) bond motifs is 1. The molecule has 3 N–H and O–H groups in total. The van der Waals surface area contributed by atoms with Gasteiger partial charge in [-0.1, -0.05) is 6.07 Å². The van der Waals surface area contributed by atoms with Gasteiger partial charge in [0.05, 0.1) is 5.69 Å². The second-order valence-electron chi connectivity index (χ2n) is 4.42. The summed E-state index contributed by atoms with van der Waals surface area (Å²) in [4.78, 5) is 4.64. The number of rotatable bonds is 1. The lowest BCUT2D eigenvalue weighted by atomic mass is 10.1. The van der Waals surface area contributed by atoms with Crippen LogP contribution in [0.5, 0.6) is 5.75 Å². The number of benzene rings is 1. The van der Waals surface area contributed by atoms with Crippen molar-refractivity contribution >= 4 is 0 Å². The molecule has 1 aliphatic rings. The number of phenols is 1. The third-order valence-corrected chi connectivity index (χ3v) is 3.26. The maximum Gasteiger partial charge on any atom is 0.115 e. The minimum Gasteiger partial charge on any atom is -0.508 e. The molecule has 86 valence electrons. The molecule has 1 aromatic heterocycles. The van der Waals surface area contributed by atoms with Gasteiger partial charge in [-0.25, -0.2) is 0 Å². The van der Waals surface area contributed by atoms with E-state index in [0.717, 1.165) is 29.8 Å². The summed E-state index contributed by atoms with van der Waals surface area (Å²) in [5.74, 6) is 0.275. The Hall–Kier alpha value is -1.87. The largest absolute Gasteiger partial charge is 0.508 e. The number of pyridine rings is 1. The fourth-order valence-corrected chi connectivity index (χ4v) is 2.29. The van der Waals surface area contributed by atoms with E-state index >= 15 is 0 Å². The number of hydrogen-bond acceptors (Lipinski definition) is 3. The van der Waals surface area contributed by atoms with Gasteiger partial charge in [0.25, 0.3) is 0 Å². The van der Waals surface area contributed by atoms with Gasteiger partial charge < -0.3 is 10.8 Å². The maximum atomic E-state index is 9.26. The summed E-state index contributed by atoms with van der Waals surface area (Å²) in [6.45, 7) is 0. The second-order valence-corrected chi connectivity index (χ2v) is 4.42. The van der Waals surface area contributed by atoms with Gasteiger partial charge in [-0.05, 0) is 48.7 Å². The van der Waals surface area contributed by atoms with Crippen LogP contribution in [0, 0.1) is 0 Å². The number of hydrogen-bond donors (Lipinski definition) is 2. The van der Waals surface area contributed by atoms with Gasteiger partial charge in [0, 0.05) is 17.3 Å². The zero-order chi connectivity index (χ0) is 11.8. The van der Waals surface area contributed by atoms with Crippen molar-refractivity contribution in [2.75, 3.05) is 0 Å². The highest BCUT2D eigenvalue weighted by molar-refractivity contribution is 5.61. The van der Waals surface area contributed by atoms with E-state index in [0.29, 0.717) is 0 Å². The van der Waals surface area contributed by atoms with Crippen LogP contribution in [-0.2, 0) is 6.42 Å². The standard InChI is InChI=1S/C14H14N2O/c15-12-6-8-14-11(12)5-7-13(16-14)9-1-3-10(17)4-2-9/h1-5,7,12,17H,6,8,15H2. The first kappa shape index (κ1) is 10.3. The summed E-state index contributed by atoms with van der Waals surface area (Å²) in [5.41, 5.74) is 10.2. The van der Waals surface area contributed by atoms with Crippen molar-refractivity contribution in [3.05, 3.63) is 47.7 Å². The Morgan fingerprint density at radius 3 is 2.65 bits per heavy atom. The molecule has 0 aliphatic heterocycles. The Morgan fingerprint density at radius 2 is 1.88 bits per heavy atom. The van der Waals surface area contributed by atoms with Gasteiger partial charge in [-0.2, -0.15) is 0 Å². The zero-order valence-electron chi connectivity index (χ0n) is 9.43. The fraction of sp³-hybridized carbons (Fsp3) is 0.214. The summed E-state index contributed by atoms with van der Waals surface area (Å²) in [6, 6.07) is 11.3. The fourth-order valence-electron chi connectivity index (χ4n) is 2.29. The van der Waals surface area contributed by atoms with Crippen molar-refractivity contribution in [3.63, 3.8) is 0 Å². The molecule has 0 saturated heterocycles. The molecular weight excluding hydrogens is 212 g/mol. The van der Waals surface area contributed by atoms with Gasteiger partial charge >= 0.3 is 0 Å². The van der Waals surface area contributed by atoms with E-state index in [4.69, 9.17) is 5.73 Å². The topological polar surface area (TPSA) is 59.1 Å². The molecule has 1 atom stereocenters. The van der Waals surface area contributed by atoms with Crippen LogP contribution in [-0.4, -0.2) is 10.1 Å². The number of aromatic nitrogens is 1. The van der Waals surface area contributed by atoms with Crippen molar-refractivity contribution < 1.29 is 5.11 Å². The predicted molar refractivity (Wildman–Crippen MR) is 66.6 cm³/mol. The number of nitrogens with two attached hydrogens (primary N) is 1. The summed E-state index contributed by atoms with van der Waals surface area (Å²) < 4.78 is 0. The lowest BCUT2D eigenvalue weighted by molar-refractivity contribution is 0.475. The van der Waals surface area contributed by atoms with E-state index in [1.165, 1.54) is 5.56 Å². The molecule has 0 amide bonds. The highest BCUT2D eigenvalue weighted by Gasteiger charge is 2.20. The Bertz CT molecular complexity index is 549. The smallest absolute Gasteiger partial charge is 0.115 e. The zero-order valence-corrected chi connectivity index (χ0v) is 9.43. The average molecular weight is 226 g/mol. The third-order valence-electron chi connectivity index (χ3n) is 3.26. The Balaban J connectivity index is 2.02. The molecular formula is C14H14N2O. The molecule has 1 unspecified atom stereocenters. The molecule has 3 rings (SSSR count). The molecule has 1 aliphatic carbocycles. The van der Waals surface area contributed by atoms with E-state index in [1.807, 2.05) is 18.2 Å². The van der Waals surface area contributed by atoms with Crippen molar-refractivity contribution in [1.82, 2.24) is 4.98 Å². The Morgan fingerprint density at radius 1 is 1.12 bits per heavy atom. The number of aromatic hydroxyl groups is 1. The van der Waals surface area contributed by atoms with E-state index in [2.05, 4.69) is 11.1 Å². The van der Waals surface area contributed by atoms with Crippen LogP contribution in [0.25, 0.3) is 11.3 Å². The van der Waals surface area contributed by atoms with E-state index in [9.17, 15) is 5.11 Å². The first-order chi connectivity index (χ1) is 8.24. The van der Waals surface area contributed by atoms with Gasteiger partial charge in [-0.15, -0.1) is 0 Å². The quantitative estimate of drug-likeness (QED) is 0.785. The van der Waals surface area contributed by atoms with Gasteiger partial charge in [0.1, 0.15) is 5.75 Å². The van der Waals surface area contributed by atoms with Gasteiger partial charge in [-0.3, -0.25) is 4.98 Å². The first-order valence-electron chi connectivity index (χ1n) is 5.79. The molecule has 0 radical (unpaired) electrons. The van der Waals surface area contributed by atoms with Crippen molar-refractivity contribution in [2.24, 2.45) is 5.73 Å². The molecule has 0 saturated carbocycles. The highest BCUT2D eigenvalue weighted by atomic mass is 16.3. The number of phenolic OH excluding ortho intramolecular Hbond substituents is 1. The van der Waals surface area contributed by atoms with Gasteiger partial charge in [0.15, 0.2) is 0 Å². The number of aryl methyl sites for hydroxylation is 1. The highest BCUT2D eigenvalue weighted by Crippen LogP contribution is 2.30. The lowest BCUT2D eigenvalue weighted by Gasteiger charge is -2.06.